The van der Waals surface area contributed by atoms with Crippen LogP contribution >= 0.6 is 0 Å². The summed E-state index contributed by atoms with van der Waals surface area (Å²) in [4.78, 5) is 50.3. The van der Waals surface area contributed by atoms with Gasteiger partial charge in [-0.05, 0) is 55.3 Å². The van der Waals surface area contributed by atoms with Gasteiger partial charge in [-0.25, -0.2) is 0 Å². The van der Waals surface area contributed by atoms with E-state index in [-0.39, 0.29) is 24.8 Å². The van der Waals surface area contributed by atoms with Crippen LogP contribution in [0.2, 0.25) is 0 Å². The number of hydrogen-bond acceptors (Lipinski definition) is 7. The molecule has 0 bridgehead atoms. The van der Waals surface area contributed by atoms with Gasteiger partial charge in [-0.15, -0.1) is 0 Å². The number of nitrogens with zero attached hydrogens (tertiary/aromatic N) is 1. The summed E-state index contributed by atoms with van der Waals surface area (Å²) in [7, 11) is 3.13. The van der Waals surface area contributed by atoms with Gasteiger partial charge >= 0.3 is 5.97 Å². The van der Waals surface area contributed by atoms with Crippen LogP contribution in [0.25, 0.3) is 0 Å². The highest BCUT2D eigenvalue weighted by molar-refractivity contribution is 5.96. The number of hydrogen-bond donors (Lipinski definition) is 2. The molecule has 2 aromatic carbocycles. The summed E-state index contributed by atoms with van der Waals surface area (Å²) in [5.74, 6) is -0.798. The van der Waals surface area contributed by atoms with Crippen LogP contribution in [-0.2, 0) is 30.3 Å². The molecule has 2 N–H and O–H groups in total. The van der Waals surface area contributed by atoms with Crippen molar-refractivity contribution in [3.63, 3.8) is 0 Å². The van der Waals surface area contributed by atoms with Gasteiger partial charge in [0, 0.05) is 37.8 Å². The summed E-state index contributed by atoms with van der Waals surface area (Å²) in [5, 5.41) is 5.30. The zero-order valence-electron chi connectivity index (χ0n) is 20.8. The van der Waals surface area contributed by atoms with E-state index in [1.165, 1.54) is 13.8 Å². The minimum atomic E-state index is -1.04. The maximum absolute atomic E-state index is 12.6. The van der Waals surface area contributed by atoms with Gasteiger partial charge in [0.2, 0.25) is 11.8 Å². The van der Waals surface area contributed by atoms with Gasteiger partial charge in [-0.1, -0.05) is 6.07 Å². The Morgan fingerprint density at radius 1 is 1.00 bits per heavy atom. The third-order valence-corrected chi connectivity index (χ3v) is 5.80. The van der Waals surface area contributed by atoms with E-state index in [2.05, 4.69) is 10.6 Å². The third kappa shape index (κ3) is 6.97. The zero-order valence-corrected chi connectivity index (χ0v) is 20.8. The SMILES string of the molecule is COc1ccc(CCN2C[C@@H](C(=O)O[C@@H](C)C(=O)Nc3ccc(NC(C)=O)cc3)CC2=O)cc1OC. The van der Waals surface area contributed by atoms with E-state index >= 15 is 0 Å². The number of ether oxygens (including phenoxy) is 3. The summed E-state index contributed by atoms with van der Waals surface area (Å²) >= 11 is 0. The van der Waals surface area contributed by atoms with Crippen LogP contribution in [0.3, 0.4) is 0 Å². The normalized spacial score (nSPS) is 15.7. The van der Waals surface area contributed by atoms with Gasteiger partial charge in [-0.2, -0.15) is 0 Å². The summed E-state index contributed by atoms with van der Waals surface area (Å²) in [6.45, 7) is 3.57. The van der Waals surface area contributed by atoms with Crippen molar-refractivity contribution in [1.29, 1.82) is 0 Å². The molecule has 3 rings (SSSR count). The fourth-order valence-corrected chi connectivity index (χ4v) is 3.85. The number of rotatable bonds is 10. The van der Waals surface area contributed by atoms with E-state index in [0.717, 1.165) is 5.56 Å². The Bertz CT molecular complexity index is 1120. The average molecular weight is 498 g/mol. The molecule has 0 radical (unpaired) electrons. The van der Waals surface area contributed by atoms with Crippen LogP contribution in [0.1, 0.15) is 25.8 Å². The smallest absolute Gasteiger partial charge is 0.312 e. The van der Waals surface area contributed by atoms with E-state index in [4.69, 9.17) is 14.2 Å². The highest BCUT2D eigenvalue weighted by Gasteiger charge is 2.36. The van der Waals surface area contributed by atoms with Crippen molar-refractivity contribution in [2.24, 2.45) is 5.92 Å². The van der Waals surface area contributed by atoms with E-state index in [1.807, 2.05) is 18.2 Å². The minimum Gasteiger partial charge on any atom is -0.493 e. The lowest BCUT2D eigenvalue weighted by atomic mass is 10.1. The van der Waals surface area contributed by atoms with Crippen LogP contribution in [-0.4, -0.2) is 62.0 Å². The first-order valence-corrected chi connectivity index (χ1v) is 11.6. The Morgan fingerprint density at radius 2 is 1.64 bits per heavy atom. The van der Waals surface area contributed by atoms with Crippen molar-refractivity contribution in [2.45, 2.75) is 32.8 Å². The molecule has 10 heteroatoms. The fourth-order valence-electron chi connectivity index (χ4n) is 3.85. The van der Waals surface area contributed by atoms with Gasteiger partial charge in [0.25, 0.3) is 5.91 Å². The predicted octanol–water partition coefficient (Wildman–Crippen LogP) is 2.62. The molecule has 192 valence electrons. The summed E-state index contributed by atoms with van der Waals surface area (Å²) < 4.78 is 15.9. The highest BCUT2D eigenvalue weighted by atomic mass is 16.5. The molecule has 0 spiro atoms. The molecule has 1 saturated heterocycles. The lowest BCUT2D eigenvalue weighted by molar-refractivity contribution is -0.157. The number of methoxy groups -OCH3 is 2. The zero-order chi connectivity index (χ0) is 26.2. The predicted molar refractivity (Wildman–Crippen MR) is 133 cm³/mol. The van der Waals surface area contributed by atoms with Crippen LogP contribution in [0, 0.1) is 5.92 Å². The second kappa shape index (κ2) is 12.1. The largest absolute Gasteiger partial charge is 0.493 e. The number of carbonyl (C=O) groups is 4. The van der Waals surface area contributed by atoms with Crippen molar-refractivity contribution in [1.82, 2.24) is 4.90 Å². The number of benzene rings is 2. The topological polar surface area (TPSA) is 123 Å². The molecule has 2 atom stereocenters. The van der Waals surface area contributed by atoms with E-state index in [1.54, 1.807) is 43.4 Å². The second-order valence-electron chi connectivity index (χ2n) is 8.51. The lowest BCUT2D eigenvalue weighted by Crippen LogP contribution is -2.33. The Balaban J connectivity index is 1.48. The third-order valence-electron chi connectivity index (χ3n) is 5.80. The molecule has 0 aliphatic carbocycles. The number of esters is 1. The molecule has 0 aromatic heterocycles. The average Bonchev–Trinajstić information content (AvgIpc) is 3.23. The quantitative estimate of drug-likeness (QED) is 0.484. The van der Waals surface area contributed by atoms with Gasteiger partial charge < -0.3 is 29.7 Å². The number of nitrogens with one attached hydrogen (secondary N) is 2. The molecule has 36 heavy (non-hydrogen) atoms. The molecule has 0 saturated carbocycles. The van der Waals surface area contributed by atoms with Gasteiger partial charge in [0.1, 0.15) is 0 Å². The number of carbonyl (C=O) groups excluding carboxylic acids is 4. The molecular weight excluding hydrogens is 466 g/mol. The first-order chi connectivity index (χ1) is 17.2. The van der Waals surface area contributed by atoms with Crippen LogP contribution in [0.4, 0.5) is 11.4 Å². The molecule has 0 unspecified atom stereocenters. The Labute approximate surface area is 209 Å². The summed E-state index contributed by atoms with van der Waals surface area (Å²) in [5.41, 5.74) is 2.07. The molecule has 1 heterocycles. The summed E-state index contributed by atoms with van der Waals surface area (Å²) in [6, 6.07) is 12.1. The Kier molecular flexibility index (Phi) is 8.88. The van der Waals surface area contributed by atoms with Crippen molar-refractivity contribution in [3.05, 3.63) is 48.0 Å². The van der Waals surface area contributed by atoms with Crippen molar-refractivity contribution < 1.29 is 33.4 Å². The Hall–Kier alpha value is -4.08. The first-order valence-electron chi connectivity index (χ1n) is 11.6. The number of amides is 3. The van der Waals surface area contributed by atoms with Gasteiger partial charge in [0.05, 0.1) is 20.1 Å². The van der Waals surface area contributed by atoms with Gasteiger partial charge in [0.15, 0.2) is 17.6 Å². The molecule has 1 aliphatic heterocycles. The number of anilines is 2. The lowest BCUT2D eigenvalue weighted by Gasteiger charge is -2.18. The summed E-state index contributed by atoms with van der Waals surface area (Å²) in [6.07, 6.45) is -0.402. The molecule has 10 nitrogen and oxygen atoms in total. The Morgan fingerprint density at radius 3 is 2.25 bits per heavy atom. The molecular formula is C26H31N3O7. The van der Waals surface area contributed by atoms with Crippen molar-refractivity contribution in [3.8, 4) is 11.5 Å². The maximum atomic E-state index is 12.6. The van der Waals surface area contributed by atoms with E-state index in [0.29, 0.717) is 35.8 Å². The minimum absolute atomic E-state index is 0.0454. The number of likely N-dealkylation sites (tertiary alicyclic amines) is 1. The van der Waals surface area contributed by atoms with Gasteiger partial charge in [-0.3, -0.25) is 19.2 Å². The second-order valence-corrected chi connectivity index (χ2v) is 8.51. The van der Waals surface area contributed by atoms with Crippen molar-refractivity contribution >= 4 is 35.1 Å². The fraction of sp³-hybridized carbons (Fsp3) is 0.385. The molecule has 3 amide bonds. The van der Waals surface area contributed by atoms with E-state index in [9.17, 15) is 19.2 Å². The molecule has 1 fully saturated rings. The molecule has 1 aliphatic rings. The first kappa shape index (κ1) is 26.5. The maximum Gasteiger partial charge on any atom is 0.312 e. The van der Waals surface area contributed by atoms with Crippen LogP contribution < -0.4 is 20.1 Å². The van der Waals surface area contributed by atoms with Crippen LogP contribution in [0.5, 0.6) is 11.5 Å². The van der Waals surface area contributed by atoms with E-state index < -0.39 is 23.9 Å². The molecule has 2 aromatic rings. The van der Waals surface area contributed by atoms with Crippen molar-refractivity contribution in [2.75, 3.05) is 37.9 Å². The van der Waals surface area contributed by atoms with Crippen LogP contribution in [0.15, 0.2) is 42.5 Å². The standard InChI is InChI=1S/C26H31N3O7/c1-16(25(32)28-21-8-6-20(7-9-21)27-17(2)30)36-26(33)19-14-24(31)29(15-19)12-11-18-5-10-22(34-3)23(13-18)35-4/h5-10,13,16,19H,11-12,14-15H2,1-4H3,(H,27,30)(H,28,32)/t16-,19-/m0/s1. The highest BCUT2D eigenvalue weighted by Crippen LogP contribution is 2.28. The monoisotopic (exact) mass is 497 g/mol.